The number of carbonyl (C=O) groups is 3. The number of piperazine rings is 1. The zero-order valence-corrected chi connectivity index (χ0v) is 15.0. The summed E-state index contributed by atoms with van der Waals surface area (Å²) in [6.07, 6.45) is 3.34. The summed E-state index contributed by atoms with van der Waals surface area (Å²) in [5.41, 5.74) is 0.956. The standard InChI is InChI=1S/C18H24N4O4/c1-2-26-18(25)21-8-6-20(7-9-21)17(24)15-10-16(23)22(13-15)12-14-4-3-5-19-11-14/h3-5,11,15H,2,6-10,12-13H2,1H3. The number of hydrogen-bond acceptors (Lipinski definition) is 5. The molecule has 0 aliphatic carbocycles. The molecule has 1 aromatic heterocycles. The van der Waals surface area contributed by atoms with Crippen LogP contribution in [0.4, 0.5) is 4.79 Å². The van der Waals surface area contributed by atoms with Crippen LogP contribution >= 0.6 is 0 Å². The van der Waals surface area contributed by atoms with Crippen molar-refractivity contribution in [2.75, 3.05) is 39.3 Å². The molecule has 0 bridgehead atoms. The predicted octanol–water partition coefficient (Wildman–Crippen LogP) is 0.731. The lowest BCUT2D eigenvalue weighted by Crippen LogP contribution is -2.52. The molecule has 3 rings (SSSR count). The minimum atomic E-state index is -0.335. The predicted molar refractivity (Wildman–Crippen MR) is 92.9 cm³/mol. The van der Waals surface area contributed by atoms with Crippen LogP contribution in [0.1, 0.15) is 18.9 Å². The molecule has 0 aromatic carbocycles. The Morgan fingerprint density at radius 3 is 2.62 bits per heavy atom. The van der Waals surface area contributed by atoms with Crippen molar-refractivity contribution < 1.29 is 19.1 Å². The lowest BCUT2D eigenvalue weighted by atomic mass is 10.1. The van der Waals surface area contributed by atoms with Crippen LogP contribution in [0.2, 0.25) is 0 Å². The number of hydrogen-bond donors (Lipinski definition) is 0. The Kier molecular flexibility index (Phi) is 5.70. The quantitative estimate of drug-likeness (QED) is 0.791. The Labute approximate surface area is 152 Å². The van der Waals surface area contributed by atoms with Crippen molar-refractivity contribution in [2.24, 2.45) is 5.92 Å². The summed E-state index contributed by atoms with van der Waals surface area (Å²) in [6.45, 7) is 4.91. The van der Waals surface area contributed by atoms with E-state index < -0.39 is 0 Å². The van der Waals surface area contributed by atoms with Gasteiger partial charge in [-0.15, -0.1) is 0 Å². The van der Waals surface area contributed by atoms with Crippen molar-refractivity contribution in [1.29, 1.82) is 0 Å². The van der Waals surface area contributed by atoms with Crippen LogP contribution in [-0.2, 0) is 20.9 Å². The number of carbonyl (C=O) groups excluding carboxylic acids is 3. The highest BCUT2D eigenvalue weighted by molar-refractivity contribution is 5.89. The molecule has 2 fully saturated rings. The third kappa shape index (κ3) is 4.12. The van der Waals surface area contributed by atoms with Gasteiger partial charge in [-0.3, -0.25) is 14.6 Å². The number of amides is 3. The first-order chi connectivity index (χ1) is 12.6. The molecule has 8 heteroatoms. The van der Waals surface area contributed by atoms with Crippen molar-refractivity contribution in [3.05, 3.63) is 30.1 Å². The number of pyridine rings is 1. The van der Waals surface area contributed by atoms with E-state index in [1.807, 2.05) is 12.1 Å². The maximum atomic E-state index is 12.7. The highest BCUT2D eigenvalue weighted by Gasteiger charge is 2.37. The van der Waals surface area contributed by atoms with E-state index in [-0.39, 0.29) is 30.2 Å². The second-order valence-corrected chi connectivity index (χ2v) is 6.55. The smallest absolute Gasteiger partial charge is 0.409 e. The van der Waals surface area contributed by atoms with Gasteiger partial charge in [0.15, 0.2) is 0 Å². The van der Waals surface area contributed by atoms with E-state index in [0.717, 1.165) is 5.56 Å². The Balaban J connectivity index is 1.51. The normalized spacial score (nSPS) is 20.4. The van der Waals surface area contributed by atoms with E-state index in [4.69, 9.17) is 4.74 Å². The van der Waals surface area contributed by atoms with E-state index in [0.29, 0.717) is 45.9 Å². The maximum Gasteiger partial charge on any atom is 0.409 e. The van der Waals surface area contributed by atoms with Gasteiger partial charge in [-0.1, -0.05) is 6.07 Å². The number of likely N-dealkylation sites (tertiary alicyclic amines) is 1. The molecule has 8 nitrogen and oxygen atoms in total. The first kappa shape index (κ1) is 18.2. The monoisotopic (exact) mass is 360 g/mol. The third-order valence-electron chi connectivity index (χ3n) is 4.78. The van der Waals surface area contributed by atoms with Gasteiger partial charge < -0.3 is 19.4 Å². The van der Waals surface area contributed by atoms with E-state index in [2.05, 4.69) is 4.98 Å². The van der Waals surface area contributed by atoms with Gasteiger partial charge in [0.1, 0.15) is 0 Å². The van der Waals surface area contributed by atoms with Crippen molar-refractivity contribution in [3.63, 3.8) is 0 Å². The topological polar surface area (TPSA) is 83.0 Å². The number of aromatic nitrogens is 1. The van der Waals surface area contributed by atoms with Crippen LogP contribution in [0, 0.1) is 5.92 Å². The summed E-state index contributed by atoms with van der Waals surface area (Å²) < 4.78 is 4.99. The number of ether oxygens (including phenoxy) is 1. The molecule has 0 saturated carbocycles. The van der Waals surface area contributed by atoms with Gasteiger partial charge in [-0.25, -0.2) is 4.79 Å². The zero-order valence-electron chi connectivity index (χ0n) is 15.0. The maximum absolute atomic E-state index is 12.7. The lowest BCUT2D eigenvalue weighted by molar-refractivity contribution is -0.137. The molecule has 2 aliphatic rings. The fraction of sp³-hybridized carbons (Fsp3) is 0.556. The summed E-state index contributed by atoms with van der Waals surface area (Å²) in [5, 5.41) is 0. The molecule has 1 unspecified atom stereocenters. The minimum absolute atomic E-state index is 0.00244. The Morgan fingerprint density at radius 2 is 1.96 bits per heavy atom. The van der Waals surface area contributed by atoms with Gasteiger partial charge in [0, 0.05) is 58.1 Å². The Hall–Kier alpha value is -2.64. The lowest BCUT2D eigenvalue weighted by Gasteiger charge is -2.35. The Morgan fingerprint density at radius 1 is 1.23 bits per heavy atom. The molecule has 2 saturated heterocycles. The van der Waals surface area contributed by atoms with Crippen molar-refractivity contribution in [3.8, 4) is 0 Å². The SMILES string of the molecule is CCOC(=O)N1CCN(C(=O)C2CC(=O)N(Cc3cccnc3)C2)CC1. The van der Waals surface area contributed by atoms with Crippen LogP contribution in [0.15, 0.2) is 24.5 Å². The average molecular weight is 360 g/mol. The molecular weight excluding hydrogens is 336 g/mol. The van der Waals surface area contributed by atoms with Crippen LogP contribution in [0.25, 0.3) is 0 Å². The second kappa shape index (κ2) is 8.16. The van der Waals surface area contributed by atoms with E-state index in [1.54, 1.807) is 34.0 Å². The summed E-state index contributed by atoms with van der Waals surface area (Å²) in [7, 11) is 0. The molecule has 2 aliphatic heterocycles. The highest BCUT2D eigenvalue weighted by atomic mass is 16.6. The van der Waals surface area contributed by atoms with Gasteiger partial charge in [-0.2, -0.15) is 0 Å². The molecule has 26 heavy (non-hydrogen) atoms. The van der Waals surface area contributed by atoms with Gasteiger partial charge in [0.05, 0.1) is 12.5 Å². The third-order valence-corrected chi connectivity index (χ3v) is 4.78. The Bertz CT molecular complexity index is 658. The molecule has 0 N–H and O–H groups in total. The van der Waals surface area contributed by atoms with Crippen LogP contribution in [-0.4, -0.2) is 76.9 Å². The molecule has 140 valence electrons. The highest BCUT2D eigenvalue weighted by Crippen LogP contribution is 2.22. The summed E-state index contributed by atoms with van der Waals surface area (Å²) in [6, 6.07) is 3.76. The molecular formula is C18H24N4O4. The zero-order chi connectivity index (χ0) is 18.5. The molecule has 1 aromatic rings. The molecule has 0 radical (unpaired) electrons. The second-order valence-electron chi connectivity index (χ2n) is 6.55. The average Bonchev–Trinajstić information content (AvgIpc) is 3.03. The van der Waals surface area contributed by atoms with Crippen LogP contribution in [0.5, 0.6) is 0 Å². The van der Waals surface area contributed by atoms with Gasteiger partial charge >= 0.3 is 6.09 Å². The molecule has 1 atom stereocenters. The largest absolute Gasteiger partial charge is 0.450 e. The number of nitrogens with zero attached hydrogens (tertiary/aromatic N) is 4. The van der Waals surface area contributed by atoms with Crippen LogP contribution in [0.3, 0.4) is 0 Å². The summed E-state index contributed by atoms with van der Waals surface area (Å²) >= 11 is 0. The van der Waals surface area contributed by atoms with Gasteiger partial charge in [-0.05, 0) is 18.6 Å². The summed E-state index contributed by atoms with van der Waals surface area (Å²) in [5.74, 6) is -0.318. The fourth-order valence-electron chi connectivity index (χ4n) is 3.38. The van der Waals surface area contributed by atoms with Crippen molar-refractivity contribution in [1.82, 2.24) is 19.7 Å². The number of rotatable bonds is 4. The molecule has 3 amide bonds. The van der Waals surface area contributed by atoms with Crippen molar-refractivity contribution >= 4 is 17.9 Å². The summed E-state index contributed by atoms with van der Waals surface area (Å²) in [4.78, 5) is 45.9. The van der Waals surface area contributed by atoms with Crippen LogP contribution < -0.4 is 0 Å². The van der Waals surface area contributed by atoms with E-state index >= 15 is 0 Å². The first-order valence-electron chi connectivity index (χ1n) is 8.95. The first-order valence-corrected chi connectivity index (χ1v) is 8.95. The van der Waals surface area contributed by atoms with E-state index in [9.17, 15) is 14.4 Å². The van der Waals surface area contributed by atoms with Gasteiger partial charge in [0.25, 0.3) is 0 Å². The molecule has 3 heterocycles. The van der Waals surface area contributed by atoms with Crippen molar-refractivity contribution in [2.45, 2.75) is 19.9 Å². The van der Waals surface area contributed by atoms with E-state index in [1.165, 1.54) is 0 Å². The van der Waals surface area contributed by atoms with Gasteiger partial charge in [0.2, 0.25) is 11.8 Å². The minimum Gasteiger partial charge on any atom is -0.450 e. The fourth-order valence-corrected chi connectivity index (χ4v) is 3.38. The molecule has 0 spiro atoms.